The fraction of sp³-hybridized carbons (Fsp3) is 0.357. The molecule has 0 unspecified atom stereocenters. The van der Waals surface area contributed by atoms with E-state index in [9.17, 15) is 14.4 Å². The molecule has 1 aromatic carbocycles. The summed E-state index contributed by atoms with van der Waals surface area (Å²) in [4.78, 5) is 33.5. The van der Waals surface area contributed by atoms with E-state index in [1.54, 1.807) is 0 Å². The van der Waals surface area contributed by atoms with E-state index in [1.165, 1.54) is 0 Å². The SMILES string of the molecule is Cc1ccc(C)c(CC(=O)N[C@H](CC(N)=O)C(=O)O)c1. The van der Waals surface area contributed by atoms with Crippen LogP contribution >= 0.6 is 0 Å². The van der Waals surface area contributed by atoms with E-state index in [-0.39, 0.29) is 6.42 Å². The third-order valence-corrected chi connectivity index (χ3v) is 2.89. The Labute approximate surface area is 117 Å². The van der Waals surface area contributed by atoms with Crippen LogP contribution in [0.1, 0.15) is 23.1 Å². The molecule has 0 heterocycles. The van der Waals surface area contributed by atoms with Gasteiger partial charge in [0.05, 0.1) is 12.8 Å². The molecule has 0 fully saturated rings. The van der Waals surface area contributed by atoms with Crippen molar-refractivity contribution in [1.82, 2.24) is 5.32 Å². The van der Waals surface area contributed by atoms with E-state index in [2.05, 4.69) is 5.32 Å². The highest BCUT2D eigenvalue weighted by atomic mass is 16.4. The summed E-state index contributed by atoms with van der Waals surface area (Å²) in [5, 5.41) is 11.2. The molecule has 2 amide bonds. The Morgan fingerprint density at radius 1 is 1.30 bits per heavy atom. The number of hydrogen-bond acceptors (Lipinski definition) is 3. The number of aryl methyl sites for hydroxylation is 2. The highest BCUT2D eigenvalue weighted by Crippen LogP contribution is 2.11. The van der Waals surface area contributed by atoms with Crippen LogP contribution in [-0.4, -0.2) is 28.9 Å². The van der Waals surface area contributed by atoms with Gasteiger partial charge in [0.2, 0.25) is 11.8 Å². The Morgan fingerprint density at radius 3 is 2.50 bits per heavy atom. The number of carboxylic acid groups (broad SMARTS) is 1. The van der Waals surface area contributed by atoms with Crippen LogP contribution in [0, 0.1) is 13.8 Å². The molecule has 0 aromatic heterocycles. The number of rotatable bonds is 6. The van der Waals surface area contributed by atoms with Crippen LogP contribution in [0.2, 0.25) is 0 Å². The van der Waals surface area contributed by atoms with Gasteiger partial charge in [0.1, 0.15) is 6.04 Å². The number of hydrogen-bond donors (Lipinski definition) is 3. The van der Waals surface area contributed by atoms with Crippen LogP contribution in [0.15, 0.2) is 18.2 Å². The van der Waals surface area contributed by atoms with Crippen molar-refractivity contribution in [2.75, 3.05) is 0 Å². The zero-order chi connectivity index (χ0) is 15.3. The Bertz CT molecular complexity index is 540. The van der Waals surface area contributed by atoms with Gasteiger partial charge in [0.15, 0.2) is 0 Å². The number of amides is 2. The molecule has 1 aromatic rings. The monoisotopic (exact) mass is 278 g/mol. The first kappa shape index (κ1) is 15.7. The molecule has 6 heteroatoms. The molecule has 0 saturated heterocycles. The van der Waals surface area contributed by atoms with Crippen LogP contribution in [0.5, 0.6) is 0 Å². The topological polar surface area (TPSA) is 109 Å². The molecule has 4 N–H and O–H groups in total. The molecule has 0 aliphatic carbocycles. The zero-order valence-electron chi connectivity index (χ0n) is 11.5. The second-order valence-electron chi connectivity index (χ2n) is 4.74. The highest BCUT2D eigenvalue weighted by molar-refractivity contribution is 5.88. The maximum Gasteiger partial charge on any atom is 0.326 e. The normalized spacial score (nSPS) is 11.7. The van der Waals surface area contributed by atoms with Gasteiger partial charge in [-0.05, 0) is 25.0 Å². The molecule has 0 bridgehead atoms. The predicted octanol–water partition coefficient (Wildman–Crippen LogP) is 0.291. The minimum atomic E-state index is -1.29. The van der Waals surface area contributed by atoms with Crippen molar-refractivity contribution in [2.45, 2.75) is 32.7 Å². The van der Waals surface area contributed by atoms with Gasteiger partial charge >= 0.3 is 5.97 Å². The van der Waals surface area contributed by atoms with E-state index >= 15 is 0 Å². The van der Waals surface area contributed by atoms with Crippen molar-refractivity contribution in [3.8, 4) is 0 Å². The van der Waals surface area contributed by atoms with E-state index in [0.717, 1.165) is 16.7 Å². The summed E-state index contributed by atoms with van der Waals surface area (Å²) in [5.41, 5.74) is 7.74. The number of carboxylic acids is 1. The number of benzene rings is 1. The molecular formula is C14H18N2O4. The molecule has 20 heavy (non-hydrogen) atoms. The van der Waals surface area contributed by atoms with Gasteiger partial charge in [-0.3, -0.25) is 9.59 Å². The van der Waals surface area contributed by atoms with E-state index in [1.807, 2.05) is 32.0 Å². The lowest BCUT2D eigenvalue weighted by molar-refractivity contribution is -0.143. The Hall–Kier alpha value is -2.37. The second-order valence-corrected chi connectivity index (χ2v) is 4.74. The third kappa shape index (κ3) is 4.72. The van der Waals surface area contributed by atoms with Gasteiger partial charge in [0.25, 0.3) is 0 Å². The van der Waals surface area contributed by atoms with E-state index in [0.29, 0.717) is 0 Å². The number of primary amides is 1. The average Bonchev–Trinajstić information content (AvgIpc) is 2.32. The molecular weight excluding hydrogens is 260 g/mol. The molecule has 0 aliphatic heterocycles. The number of nitrogens with two attached hydrogens (primary N) is 1. The molecule has 6 nitrogen and oxygen atoms in total. The minimum absolute atomic E-state index is 0.0655. The van der Waals surface area contributed by atoms with Crippen LogP contribution in [0.25, 0.3) is 0 Å². The van der Waals surface area contributed by atoms with Crippen LogP contribution in [0.3, 0.4) is 0 Å². The summed E-state index contributed by atoms with van der Waals surface area (Å²) in [7, 11) is 0. The molecule has 0 aliphatic rings. The summed E-state index contributed by atoms with van der Waals surface area (Å²) in [6.45, 7) is 3.79. The molecule has 0 radical (unpaired) electrons. The fourth-order valence-corrected chi connectivity index (χ4v) is 1.81. The van der Waals surface area contributed by atoms with Gasteiger partial charge in [-0.25, -0.2) is 4.79 Å². The van der Waals surface area contributed by atoms with Crippen molar-refractivity contribution >= 4 is 17.8 Å². The van der Waals surface area contributed by atoms with Crippen LogP contribution in [0.4, 0.5) is 0 Å². The highest BCUT2D eigenvalue weighted by Gasteiger charge is 2.22. The Balaban J connectivity index is 2.72. The first-order chi connectivity index (χ1) is 9.29. The van der Waals surface area contributed by atoms with Crippen molar-refractivity contribution in [3.63, 3.8) is 0 Å². The minimum Gasteiger partial charge on any atom is -0.480 e. The lowest BCUT2D eigenvalue weighted by Crippen LogP contribution is -2.43. The summed E-state index contributed by atoms with van der Waals surface area (Å²) in [6.07, 6.45) is -0.357. The zero-order valence-corrected chi connectivity index (χ0v) is 11.5. The third-order valence-electron chi connectivity index (χ3n) is 2.89. The average molecular weight is 278 g/mol. The number of aliphatic carboxylic acids is 1. The van der Waals surface area contributed by atoms with Gasteiger partial charge in [-0.1, -0.05) is 23.8 Å². The molecule has 0 saturated carbocycles. The maximum atomic E-state index is 11.8. The number of carbonyl (C=O) groups excluding carboxylic acids is 2. The first-order valence-corrected chi connectivity index (χ1v) is 6.16. The molecule has 0 spiro atoms. The Morgan fingerprint density at radius 2 is 1.95 bits per heavy atom. The Kier molecular flexibility index (Phi) is 5.25. The lowest BCUT2D eigenvalue weighted by Gasteiger charge is -2.13. The number of carbonyl (C=O) groups is 3. The van der Waals surface area contributed by atoms with Gasteiger partial charge in [-0.2, -0.15) is 0 Å². The molecule has 1 atom stereocenters. The fourth-order valence-electron chi connectivity index (χ4n) is 1.81. The summed E-state index contributed by atoms with van der Waals surface area (Å²) in [6, 6.07) is 4.42. The largest absolute Gasteiger partial charge is 0.480 e. The predicted molar refractivity (Wildman–Crippen MR) is 73.0 cm³/mol. The maximum absolute atomic E-state index is 11.8. The van der Waals surface area contributed by atoms with Gasteiger partial charge in [0, 0.05) is 0 Å². The quantitative estimate of drug-likeness (QED) is 0.694. The second kappa shape index (κ2) is 6.70. The summed E-state index contributed by atoms with van der Waals surface area (Å²) in [5.74, 6) is -2.50. The first-order valence-electron chi connectivity index (χ1n) is 6.16. The lowest BCUT2D eigenvalue weighted by atomic mass is 10.0. The summed E-state index contributed by atoms with van der Waals surface area (Å²) < 4.78 is 0. The molecule has 108 valence electrons. The van der Waals surface area contributed by atoms with E-state index in [4.69, 9.17) is 10.8 Å². The van der Waals surface area contributed by atoms with Crippen LogP contribution in [-0.2, 0) is 20.8 Å². The van der Waals surface area contributed by atoms with Gasteiger partial charge in [-0.15, -0.1) is 0 Å². The van der Waals surface area contributed by atoms with Crippen molar-refractivity contribution in [1.29, 1.82) is 0 Å². The van der Waals surface area contributed by atoms with Crippen molar-refractivity contribution in [3.05, 3.63) is 34.9 Å². The number of nitrogens with one attached hydrogen (secondary N) is 1. The van der Waals surface area contributed by atoms with Crippen LogP contribution < -0.4 is 11.1 Å². The van der Waals surface area contributed by atoms with Crippen molar-refractivity contribution in [2.24, 2.45) is 5.73 Å². The smallest absolute Gasteiger partial charge is 0.326 e. The molecule has 1 rings (SSSR count). The van der Waals surface area contributed by atoms with Gasteiger partial charge < -0.3 is 16.2 Å². The summed E-state index contributed by atoms with van der Waals surface area (Å²) >= 11 is 0. The van der Waals surface area contributed by atoms with E-state index < -0.39 is 30.2 Å². The standard InChI is InChI=1S/C14H18N2O4/c1-8-3-4-9(2)10(5-8)6-13(18)16-11(14(19)20)7-12(15)17/h3-5,11H,6-7H2,1-2H3,(H2,15,17)(H,16,18)(H,19,20)/t11-/m1/s1. The van der Waals surface area contributed by atoms with Crippen molar-refractivity contribution < 1.29 is 19.5 Å².